The highest BCUT2D eigenvalue weighted by atomic mass is 19.1. The Bertz CT molecular complexity index is 1100. The number of hydrogen-bond donors (Lipinski definition) is 2. The number of nitrogens with one attached hydrogen (secondary N) is 1. The van der Waals surface area contributed by atoms with Crippen molar-refractivity contribution in [2.24, 2.45) is 11.7 Å². The Hall–Kier alpha value is -3.05. The van der Waals surface area contributed by atoms with E-state index < -0.39 is 17.2 Å². The van der Waals surface area contributed by atoms with E-state index in [0.29, 0.717) is 36.7 Å². The highest BCUT2D eigenvalue weighted by Crippen LogP contribution is 2.57. The van der Waals surface area contributed by atoms with Gasteiger partial charge >= 0.3 is 0 Å². The van der Waals surface area contributed by atoms with E-state index in [1.54, 1.807) is 0 Å². The quantitative estimate of drug-likeness (QED) is 0.788. The van der Waals surface area contributed by atoms with Crippen molar-refractivity contribution >= 4 is 11.6 Å². The molecule has 1 aliphatic heterocycles. The van der Waals surface area contributed by atoms with Gasteiger partial charge in [-0.25, -0.2) is 13.8 Å². The molecule has 160 valence electrons. The van der Waals surface area contributed by atoms with Gasteiger partial charge in [-0.1, -0.05) is 0 Å². The van der Waals surface area contributed by atoms with E-state index in [2.05, 4.69) is 10.3 Å². The SMILES string of the molecule is C[C@]1(N)CCN(c2c(C(=O)NC34CC(C3)C4)cnc(C#N)c2-c2cc(F)cc(F)c2)C1. The minimum Gasteiger partial charge on any atom is -0.368 e. The van der Waals surface area contributed by atoms with Crippen LogP contribution in [0.1, 0.15) is 48.7 Å². The van der Waals surface area contributed by atoms with Crippen LogP contribution in [0.2, 0.25) is 0 Å². The third-order valence-electron chi connectivity index (χ3n) is 6.79. The van der Waals surface area contributed by atoms with E-state index in [0.717, 1.165) is 37.5 Å². The molecule has 3 N–H and O–H groups in total. The fraction of sp³-hybridized carbons (Fsp3) is 0.435. The number of hydrogen-bond acceptors (Lipinski definition) is 5. The van der Waals surface area contributed by atoms with Crippen LogP contribution in [0.25, 0.3) is 11.1 Å². The van der Waals surface area contributed by atoms with Crippen LogP contribution in [-0.4, -0.2) is 35.1 Å². The Kier molecular flexibility index (Phi) is 4.31. The first-order chi connectivity index (χ1) is 14.7. The maximum Gasteiger partial charge on any atom is 0.255 e. The minimum atomic E-state index is -0.765. The maximum absolute atomic E-state index is 14.1. The number of nitrogens with two attached hydrogens (primary N) is 1. The summed E-state index contributed by atoms with van der Waals surface area (Å²) >= 11 is 0. The van der Waals surface area contributed by atoms with Crippen LogP contribution in [-0.2, 0) is 0 Å². The zero-order valence-electron chi connectivity index (χ0n) is 17.2. The molecule has 4 aliphatic rings. The van der Waals surface area contributed by atoms with Gasteiger partial charge in [0.25, 0.3) is 5.91 Å². The van der Waals surface area contributed by atoms with E-state index in [4.69, 9.17) is 5.73 Å². The predicted molar refractivity (Wildman–Crippen MR) is 111 cm³/mol. The van der Waals surface area contributed by atoms with Crippen LogP contribution in [0.5, 0.6) is 0 Å². The smallest absolute Gasteiger partial charge is 0.255 e. The summed E-state index contributed by atoms with van der Waals surface area (Å²) in [6.45, 7) is 2.92. The molecule has 2 bridgehead atoms. The number of carbonyl (C=O) groups excluding carboxylic acids is 1. The number of pyridine rings is 1. The lowest BCUT2D eigenvalue weighted by Gasteiger charge is -2.61. The minimum absolute atomic E-state index is 0.00712. The second kappa shape index (κ2) is 6.72. The summed E-state index contributed by atoms with van der Waals surface area (Å²) in [5.74, 6) is -1.12. The van der Waals surface area contributed by atoms with Gasteiger partial charge < -0.3 is 16.0 Å². The van der Waals surface area contributed by atoms with Crippen LogP contribution in [0, 0.1) is 28.9 Å². The molecule has 3 aliphatic carbocycles. The number of nitrogens with zero attached hydrogens (tertiary/aromatic N) is 3. The van der Waals surface area contributed by atoms with Gasteiger partial charge in [0.15, 0.2) is 0 Å². The summed E-state index contributed by atoms with van der Waals surface area (Å²) in [5, 5.41) is 12.8. The molecule has 0 spiro atoms. The first-order valence-electron chi connectivity index (χ1n) is 10.4. The molecule has 3 saturated carbocycles. The molecule has 1 atom stereocenters. The van der Waals surface area contributed by atoms with Crippen LogP contribution in [0.4, 0.5) is 14.5 Å². The highest BCUT2D eigenvalue weighted by Gasteiger charge is 2.57. The number of halogens is 2. The van der Waals surface area contributed by atoms with Gasteiger partial charge in [0.2, 0.25) is 0 Å². The second-order valence-electron chi connectivity index (χ2n) is 9.55. The molecule has 8 heteroatoms. The summed E-state index contributed by atoms with van der Waals surface area (Å²) in [7, 11) is 0. The van der Waals surface area contributed by atoms with E-state index in [-0.39, 0.29) is 28.3 Å². The Morgan fingerprint density at radius 2 is 1.97 bits per heavy atom. The van der Waals surface area contributed by atoms with Crippen LogP contribution >= 0.6 is 0 Å². The first-order valence-corrected chi connectivity index (χ1v) is 10.4. The summed E-state index contributed by atoms with van der Waals surface area (Å²) in [6.07, 6.45) is 5.00. The average molecular weight is 423 g/mol. The van der Waals surface area contributed by atoms with E-state index in [9.17, 15) is 18.8 Å². The Morgan fingerprint density at radius 3 is 2.48 bits per heavy atom. The molecule has 1 amide bonds. The van der Waals surface area contributed by atoms with Gasteiger partial charge in [0.1, 0.15) is 23.4 Å². The average Bonchev–Trinajstić information content (AvgIpc) is 3.01. The molecule has 4 fully saturated rings. The Balaban J connectivity index is 1.67. The van der Waals surface area contributed by atoms with E-state index in [1.165, 1.54) is 6.20 Å². The fourth-order valence-corrected chi connectivity index (χ4v) is 5.17. The molecular formula is C23H23F2N5O. The lowest BCUT2D eigenvalue weighted by molar-refractivity contribution is -0.0438. The number of rotatable bonds is 4. The zero-order valence-corrected chi connectivity index (χ0v) is 17.2. The van der Waals surface area contributed by atoms with Crippen molar-refractivity contribution < 1.29 is 13.6 Å². The van der Waals surface area contributed by atoms with Gasteiger partial charge in [-0.3, -0.25) is 4.79 Å². The molecule has 1 aromatic heterocycles. The van der Waals surface area contributed by atoms with Gasteiger partial charge in [-0.15, -0.1) is 0 Å². The summed E-state index contributed by atoms with van der Waals surface area (Å²) in [6, 6.07) is 5.10. The molecule has 6 nitrogen and oxygen atoms in total. The van der Waals surface area contributed by atoms with Crippen LogP contribution < -0.4 is 16.0 Å². The number of aromatic nitrogens is 1. The van der Waals surface area contributed by atoms with Gasteiger partial charge in [-0.05, 0) is 56.2 Å². The molecule has 2 heterocycles. The van der Waals surface area contributed by atoms with Gasteiger partial charge in [0.05, 0.1) is 11.3 Å². The van der Waals surface area contributed by atoms with E-state index >= 15 is 0 Å². The lowest BCUT2D eigenvalue weighted by Crippen LogP contribution is -2.68. The predicted octanol–water partition coefficient (Wildman–Crippen LogP) is 3.11. The first kappa shape index (κ1) is 19.9. The summed E-state index contributed by atoms with van der Waals surface area (Å²) in [5.41, 5.74) is 6.88. The highest BCUT2D eigenvalue weighted by molar-refractivity contribution is 6.04. The van der Waals surface area contributed by atoms with Crippen molar-refractivity contribution in [2.75, 3.05) is 18.0 Å². The van der Waals surface area contributed by atoms with Crippen molar-refractivity contribution in [1.29, 1.82) is 5.26 Å². The van der Waals surface area contributed by atoms with Crippen molar-refractivity contribution in [2.45, 2.75) is 43.7 Å². The van der Waals surface area contributed by atoms with Gasteiger partial charge in [-0.2, -0.15) is 5.26 Å². The van der Waals surface area contributed by atoms with E-state index in [1.807, 2.05) is 17.9 Å². The molecule has 6 rings (SSSR count). The molecule has 1 aromatic carbocycles. The number of carbonyl (C=O) groups is 1. The summed E-state index contributed by atoms with van der Waals surface area (Å²) < 4.78 is 28.1. The van der Waals surface area contributed by atoms with Crippen molar-refractivity contribution in [3.8, 4) is 17.2 Å². The largest absolute Gasteiger partial charge is 0.368 e. The number of anilines is 1. The zero-order chi connectivity index (χ0) is 22.0. The fourth-order valence-electron chi connectivity index (χ4n) is 5.17. The van der Waals surface area contributed by atoms with Crippen LogP contribution in [0.15, 0.2) is 24.4 Å². The molecule has 2 aromatic rings. The monoisotopic (exact) mass is 423 g/mol. The summed E-state index contributed by atoms with van der Waals surface area (Å²) in [4.78, 5) is 19.4. The number of nitriles is 1. The molecule has 31 heavy (non-hydrogen) atoms. The standard InChI is InChI=1S/C23H23F2N5O/c1-22(27)2-3-30(12-22)20-17(21(31)29-23-7-13(8-23)9-23)11-28-18(10-26)19(20)14-4-15(24)6-16(25)5-14/h4-6,11,13H,2-3,7-9,12,27H2,1H3,(H,29,31)/t13?,22-,23?/m0/s1. The molecule has 0 radical (unpaired) electrons. The van der Waals surface area contributed by atoms with Crippen LogP contribution in [0.3, 0.4) is 0 Å². The third-order valence-corrected chi connectivity index (χ3v) is 6.79. The topological polar surface area (TPSA) is 95.0 Å². The lowest BCUT2D eigenvalue weighted by atomic mass is 9.50. The number of amides is 1. The van der Waals surface area contributed by atoms with Crippen molar-refractivity contribution in [1.82, 2.24) is 10.3 Å². The Labute approximate surface area is 179 Å². The van der Waals surface area contributed by atoms with Crippen molar-refractivity contribution in [3.05, 3.63) is 47.3 Å². The van der Waals surface area contributed by atoms with Gasteiger partial charge in [0, 0.05) is 42.0 Å². The number of benzene rings is 1. The maximum atomic E-state index is 14.1. The van der Waals surface area contributed by atoms with Crippen molar-refractivity contribution in [3.63, 3.8) is 0 Å². The molecule has 1 saturated heterocycles. The molecule has 0 unspecified atom stereocenters. The molecular weight excluding hydrogens is 400 g/mol. The second-order valence-corrected chi connectivity index (χ2v) is 9.55. The normalized spacial score (nSPS) is 28.5. The third kappa shape index (κ3) is 3.33. The Morgan fingerprint density at radius 1 is 1.29 bits per heavy atom.